The average molecular weight is 179 g/mol. The fourth-order valence-corrected chi connectivity index (χ4v) is 1.07. The smallest absolute Gasteiger partial charge is 0.0978 e. The monoisotopic (exact) mass is 177 g/mol. The molecule has 1 aliphatic rings. The molecular formula is C3HCl4. The van der Waals surface area contributed by atoms with Crippen LogP contribution in [0.4, 0.5) is 0 Å². The van der Waals surface area contributed by atoms with E-state index in [1.54, 1.807) is 0 Å². The molecule has 0 saturated heterocycles. The maximum absolute atomic E-state index is 5.38. The van der Waals surface area contributed by atoms with Crippen molar-refractivity contribution in [2.24, 2.45) is 0 Å². The zero-order chi connectivity index (χ0) is 5.71. The van der Waals surface area contributed by atoms with Gasteiger partial charge in [0.05, 0.1) is 0 Å². The molecule has 0 aromatic carbocycles. The van der Waals surface area contributed by atoms with E-state index in [-0.39, 0.29) is 0 Å². The van der Waals surface area contributed by atoms with Crippen LogP contribution in [0.3, 0.4) is 0 Å². The zero-order valence-corrected chi connectivity index (χ0v) is 6.11. The molecule has 1 fully saturated rings. The molecule has 0 spiro atoms. The molecule has 4 heteroatoms. The minimum atomic E-state index is -1.00. The van der Waals surface area contributed by atoms with E-state index in [0.29, 0.717) is 0 Å². The Morgan fingerprint density at radius 3 is 1.00 bits per heavy atom. The second kappa shape index (κ2) is 1.36. The van der Waals surface area contributed by atoms with Crippen LogP contribution in [-0.2, 0) is 0 Å². The Morgan fingerprint density at radius 1 is 0.857 bits per heavy atom. The Labute approximate surface area is 61.7 Å². The van der Waals surface area contributed by atoms with E-state index >= 15 is 0 Å². The Bertz CT molecular complexity index is 83.1. The Kier molecular flexibility index (Phi) is 1.22. The first-order valence-electron chi connectivity index (χ1n) is 1.58. The summed E-state index contributed by atoms with van der Waals surface area (Å²) in [5.41, 5.74) is 0. The number of hydrogen-bond donors (Lipinski definition) is 0. The molecular weight excluding hydrogens is 178 g/mol. The molecule has 1 saturated carbocycles. The molecule has 1 rings (SSSR count). The topological polar surface area (TPSA) is 0 Å². The van der Waals surface area contributed by atoms with Crippen molar-refractivity contribution in [2.45, 2.75) is 8.67 Å². The van der Waals surface area contributed by atoms with Gasteiger partial charge in [0.2, 0.25) is 0 Å². The van der Waals surface area contributed by atoms with Gasteiger partial charge in [-0.15, -0.1) is 0 Å². The summed E-state index contributed by atoms with van der Waals surface area (Å²) in [6.45, 7) is 0. The van der Waals surface area contributed by atoms with Gasteiger partial charge >= 0.3 is 0 Å². The largest absolute Gasteiger partial charge is 0.157 e. The van der Waals surface area contributed by atoms with E-state index in [1.807, 2.05) is 0 Å². The van der Waals surface area contributed by atoms with Crippen molar-refractivity contribution in [1.82, 2.24) is 0 Å². The minimum absolute atomic E-state index is 1.00. The third-order valence-corrected chi connectivity index (χ3v) is 2.74. The van der Waals surface area contributed by atoms with Crippen molar-refractivity contribution < 1.29 is 0 Å². The first-order valence-corrected chi connectivity index (χ1v) is 3.10. The molecule has 0 aliphatic heterocycles. The van der Waals surface area contributed by atoms with Crippen LogP contribution in [-0.4, -0.2) is 8.67 Å². The lowest BCUT2D eigenvalue weighted by molar-refractivity contribution is 1.29. The lowest BCUT2D eigenvalue weighted by Gasteiger charge is -1.93. The summed E-state index contributed by atoms with van der Waals surface area (Å²) in [4.78, 5) is 0. The first kappa shape index (κ1) is 6.28. The van der Waals surface area contributed by atoms with Gasteiger partial charge in [-0.25, -0.2) is 0 Å². The van der Waals surface area contributed by atoms with Gasteiger partial charge in [-0.05, 0) is 0 Å². The molecule has 1 aliphatic carbocycles. The van der Waals surface area contributed by atoms with Crippen LogP contribution < -0.4 is 0 Å². The maximum Gasteiger partial charge on any atom is 0.157 e. The normalized spacial score (nSPS) is 32.6. The molecule has 41 valence electrons. The van der Waals surface area contributed by atoms with Gasteiger partial charge in [-0.2, -0.15) is 0 Å². The number of halogens is 4. The van der Waals surface area contributed by atoms with Crippen molar-refractivity contribution in [3.8, 4) is 0 Å². The highest BCUT2D eigenvalue weighted by molar-refractivity contribution is 6.70. The summed E-state index contributed by atoms with van der Waals surface area (Å²) >= 11 is 21.5. The van der Waals surface area contributed by atoms with Gasteiger partial charge in [-0.3, -0.25) is 0 Å². The summed E-state index contributed by atoms with van der Waals surface area (Å²) in [5.74, 6) is 0. The van der Waals surface area contributed by atoms with E-state index in [2.05, 4.69) is 0 Å². The van der Waals surface area contributed by atoms with Crippen molar-refractivity contribution in [1.29, 1.82) is 0 Å². The number of alkyl halides is 4. The predicted molar refractivity (Wildman–Crippen MR) is 33.2 cm³/mol. The molecule has 0 atom stereocenters. The average Bonchev–Trinajstić information content (AvgIpc) is 1.63. The van der Waals surface area contributed by atoms with Gasteiger partial charge in [0.1, 0.15) is 0 Å². The summed E-state index contributed by atoms with van der Waals surface area (Å²) < 4.78 is -2.01. The fourth-order valence-electron chi connectivity index (χ4n) is 0.192. The number of hydrogen-bond acceptors (Lipinski definition) is 0. The lowest BCUT2D eigenvalue weighted by Crippen LogP contribution is -1.96. The summed E-state index contributed by atoms with van der Waals surface area (Å²) in [7, 11) is 0. The van der Waals surface area contributed by atoms with Gasteiger partial charge in [0, 0.05) is 6.42 Å². The van der Waals surface area contributed by atoms with E-state index in [0.717, 1.165) is 0 Å². The SMILES string of the molecule is ClC1(Cl)[CH]C1(Cl)Cl. The molecule has 0 amide bonds. The Hall–Kier alpha value is 1.16. The Balaban J connectivity index is 2.59. The molecule has 0 nitrogen and oxygen atoms in total. The van der Waals surface area contributed by atoms with Crippen molar-refractivity contribution >= 4 is 46.4 Å². The lowest BCUT2D eigenvalue weighted by atomic mass is 10.9. The van der Waals surface area contributed by atoms with E-state index in [4.69, 9.17) is 46.4 Å². The molecule has 0 bridgehead atoms. The van der Waals surface area contributed by atoms with Crippen molar-refractivity contribution in [2.75, 3.05) is 0 Å². The molecule has 0 heterocycles. The summed E-state index contributed by atoms with van der Waals surface area (Å²) in [5, 5.41) is 0. The third kappa shape index (κ3) is 0.951. The molecule has 0 N–H and O–H groups in total. The van der Waals surface area contributed by atoms with Gasteiger partial charge in [0.15, 0.2) is 8.67 Å². The van der Waals surface area contributed by atoms with Crippen molar-refractivity contribution in [3.63, 3.8) is 0 Å². The van der Waals surface area contributed by atoms with Crippen LogP contribution in [0, 0.1) is 6.42 Å². The minimum Gasteiger partial charge on any atom is -0.0978 e. The van der Waals surface area contributed by atoms with E-state index in [1.165, 1.54) is 6.42 Å². The third-order valence-electron chi connectivity index (χ3n) is 0.724. The van der Waals surface area contributed by atoms with Crippen LogP contribution in [0.5, 0.6) is 0 Å². The standard InChI is InChI=1S/C3HCl4/c4-2(5)1-3(2,6)7/h1H. The highest BCUT2D eigenvalue weighted by atomic mass is 35.5. The predicted octanol–water partition coefficient (Wildman–Crippen LogP) is 2.55. The second-order valence-corrected chi connectivity index (χ2v) is 4.16. The van der Waals surface area contributed by atoms with Gasteiger partial charge < -0.3 is 0 Å². The molecule has 0 aromatic rings. The van der Waals surface area contributed by atoms with Gasteiger partial charge in [-0.1, -0.05) is 46.4 Å². The molecule has 0 aromatic heterocycles. The van der Waals surface area contributed by atoms with Crippen LogP contribution >= 0.6 is 46.4 Å². The van der Waals surface area contributed by atoms with Crippen LogP contribution in [0.2, 0.25) is 0 Å². The highest BCUT2D eigenvalue weighted by Crippen LogP contribution is 2.62. The number of rotatable bonds is 0. The van der Waals surface area contributed by atoms with Crippen LogP contribution in [0.15, 0.2) is 0 Å². The molecule has 1 radical (unpaired) electrons. The molecule has 0 unspecified atom stereocenters. The fraction of sp³-hybridized carbons (Fsp3) is 0.667. The van der Waals surface area contributed by atoms with Crippen LogP contribution in [0.25, 0.3) is 0 Å². The van der Waals surface area contributed by atoms with Crippen LogP contribution in [0.1, 0.15) is 0 Å². The highest BCUT2D eigenvalue weighted by Gasteiger charge is 2.65. The maximum atomic E-state index is 5.38. The van der Waals surface area contributed by atoms with Gasteiger partial charge in [0.25, 0.3) is 0 Å². The van der Waals surface area contributed by atoms with E-state index < -0.39 is 8.67 Å². The van der Waals surface area contributed by atoms with E-state index in [9.17, 15) is 0 Å². The Morgan fingerprint density at radius 2 is 1.00 bits per heavy atom. The second-order valence-electron chi connectivity index (χ2n) is 1.39. The van der Waals surface area contributed by atoms with Crippen molar-refractivity contribution in [3.05, 3.63) is 6.42 Å². The quantitative estimate of drug-likeness (QED) is 0.501. The summed E-state index contributed by atoms with van der Waals surface area (Å²) in [6, 6.07) is 0. The molecule has 7 heavy (non-hydrogen) atoms. The first-order chi connectivity index (χ1) is 2.96. The zero-order valence-electron chi connectivity index (χ0n) is 3.09. The summed E-state index contributed by atoms with van der Waals surface area (Å²) in [6.07, 6.45) is 1.44.